The van der Waals surface area contributed by atoms with Crippen LogP contribution in [0.4, 0.5) is 10.6 Å². The number of amides is 2. The van der Waals surface area contributed by atoms with Crippen LogP contribution in [0, 0.1) is 0 Å². The van der Waals surface area contributed by atoms with Crippen molar-refractivity contribution in [1.29, 1.82) is 0 Å². The number of pyridine rings is 2. The van der Waals surface area contributed by atoms with Crippen LogP contribution in [0.5, 0.6) is 0 Å². The fourth-order valence-corrected chi connectivity index (χ4v) is 4.14. The summed E-state index contributed by atoms with van der Waals surface area (Å²) in [6.07, 6.45) is 7.30. The largest absolute Gasteiger partial charge is 0.351 e. The van der Waals surface area contributed by atoms with Crippen molar-refractivity contribution in [3.05, 3.63) is 66.6 Å². The second-order valence-corrected chi connectivity index (χ2v) is 7.41. The number of rotatable bonds is 2. The third-order valence-electron chi connectivity index (χ3n) is 5.61. The molecule has 0 fully saturated rings. The highest BCUT2D eigenvalue weighted by atomic mass is 16.2. The molecular weight excluding hydrogens is 362 g/mol. The van der Waals surface area contributed by atoms with E-state index >= 15 is 0 Å². The van der Waals surface area contributed by atoms with Gasteiger partial charge in [0.1, 0.15) is 5.82 Å². The highest BCUT2D eigenvalue weighted by Gasteiger charge is 2.22. The number of carbonyl (C=O) groups excluding carboxylic acids is 1. The second-order valence-electron chi connectivity index (χ2n) is 7.41. The van der Waals surface area contributed by atoms with Crippen LogP contribution in [0.2, 0.25) is 0 Å². The number of urea groups is 1. The fourth-order valence-electron chi connectivity index (χ4n) is 4.14. The number of hydrogen-bond donors (Lipinski definition) is 1. The zero-order chi connectivity index (χ0) is 20.0. The molecule has 5 rings (SSSR count). The van der Waals surface area contributed by atoms with E-state index in [4.69, 9.17) is 5.73 Å². The number of benzene rings is 1. The lowest BCUT2D eigenvalue weighted by molar-refractivity contribution is 0.253. The number of anilines is 1. The first-order chi connectivity index (χ1) is 14.1. The summed E-state index contributed by atoms with van der Waals surface area (Å²) in [7, 11) is 2.07. The third-order valence-corrected chi connectivity index (χ3v) is 5.61. The molecule has 0 atom stereocenters. The maximum absolute atomic E-state index is 11.7. The Balaban J connectivity index is 1.56. The second kappa shape index (κ2) is 6.74. The van der Waals surface area contributed by atoms with Crippen LogP contribution in [0.3, 0.4) is 0 Å². The molecule has 1 aromatic carbocycles. The van der Waals surface area contributed by atoms with Gasteiger partial charge in [0.05, 0.1) is 5.69 Å². The molecule has 0 unspecified atom stereocenters. The average molecular weight is 383 g/mol. The van der Waals surface area contributed by atoms with Crippen molar-refractivity contribution in [3.63, 3.8) is 0 Å². The number of nitrogens with zero attached hydrogens (tertiary/aromatic N) is 4. The Morgan fingerprint density at radius 3 is 2.66 bits per heavy atom. The standard InChI is InChI=1S/C23H21N5O/c1-27-20-7-3-2-5-15(20)11-21(27)19-10-17(12-25-13-19)18-9-16-6-4-8-28(23(24)29)22(16)26-14-18/h2-3,5,7,9-14H,4,6,8H2,1H3,(H2,24,29). The molecule has 6 heteroatoms. The van der Waals surface area contributed by atoms with Gasteiger partial charge < -0.3 is 10.3 Å². The topological polar surface area (TPSA) is 77.0 Å². The first-order valence-electron chi connectivity index (χ1n) is 9.68. The van der Waals surface area contributed by atoms with Crippen LogP contribution in [0.25, 0.3) is 33.3 Å². The summed E-state index contributed by atoms with van der Waals surface area (Å²) in [5.74, 6) is 0.672. The summed E-state index contributed by atoms with van der Waals surface area (Å²) in [6.45, 7) is 0.618. The summed E-state index contributed by atoms with van der Waals surface area (Å²) in [6, 6.07) is 14.3. The Labute approximate surface area is 168 Å². The number of aromatic nitrogens is 3. The van der Waals surface area contributed by atoms with Crippen molar-refractivity contribution in [1.82, 2.24) is 14.5 Å². The van der Waals surface area contributed by atoms with Gasteiger partial charge in [0.25, 0.3) is 0 Å². The quantitative estimate of drug-likeness (QED) is 0.565. The van der Waals surface area contributed by atoms with Crippen LogP contribution in [-0.2, 0) is 13.5 Å². The molecule has 6 nitrogen and oxygen atoms in total. The zero-order valence-electron chi connectivity index (χ0n) is 16.2. The number of hydrogen-bond acceptors (Lipinski definition) is 3. The van der Waals surface area contributed by atoms with E-state index in [0.29, 0.717) is 12.4 Å². The van der Waals surface area contributed by atoms with Gasteiger partial charge in [-0.1, -0.05) is 18.2 Å². The molecule has 144 valence electrons. The van der Waals surface area contributed by atoms with Gasteiger partial charge in [-0.05, 0) is 42.7 Å². The predicted molar refractivity (Wildman–Crippen MR) is 115 cm³/mol. The first-order valence-corrected chi connectivity index (χ1v) is 9.68. The van der Waals surface area contributed by atoms with Gasteiger partial charge in [-0.15, -0.1) is 0 Å². The number of fused-ring (bicyclic) bond motifs is 2. The average Bonchev–Trinajstić information content (AvgIpc) is 3.10. The Morgan fingerprint density at radius 2 is 1.83 bits per heavy atom. The van der Waals surface area contributed by atoms with Gasteiger partial charge >= 0.3 is 6.03 Å². The van der Waals surface area contributed by atoms with E-state index in [1.165, 1.54) is 10.9 Å². The smallest absolute Gasteiger partial charge is 0.320 e. The molecule has 0 radical (unpaired) electrons. The Bertz CT molecular complexity index is 1240. The Hall–Kier alpha value is -3.67. The number of aryl methyl sites for hydroxylation is 2. The van der Waals surface area contributed by atoms with E-state index in [0.717, 1.165) is 40.8 Å². The molecule has 1 aliphatic heterocycles. The van der Waals surface area contributed by atoms with E-state index in [9.17, 15) is 4.79 Å². The maximum Gasteiger partial charge on any atom is 0.320 e. The molecule has 0 spiro atoms. The van der Waals surface area contributed by atoms with Crippen molar-refractivity contribution in [2.45, 2.75) is 12.8 Å². The number of nitrogens with two attached hydrogens (primary N) is 1. The first kappa shape index (κ1) is 17.4. The molecule has 0 aliphatic carbocycles. The molecule has 4 heterocycles. The normalized spacial score (nSPS) is 13.5. The maximum atomic E-state index is 11.7. The highest BCUT2D eigenvalue weighted by Crippen LogP contribution is 2.32. The summed E-state index contributed by atoms with van der Waals surface area (Å²) in [5.41, 5.74) is 11.9. The lowest BCUT2D eigenvalue weighted by Crippen LogP contribution is -2.40. The molecule has 2 N–H and O–H groups in total. The molecule has 1 aliphatic rings. The van der Waals surface area contributed by atoms with Gasteiger partial charge in [0, 0.05) is 59.8 Å². The van der Waals surface area contributed by atoms with Crippen molar-refractivity contribution in [2.24, 2.45) is 12.8 Å². The van der Waals surface area contributed by atoms with Crippen LogP contribution in [-0.4, -0.2) is 27.1 Å². The van der Waals surface area contributed by atoms with Crippen molar-refractivity contribution < 1.29 is 4.79 Å². The van der Waals surface area contributed by atoms with E-state index in [-0.39, 0.29) is 0 Å². The lowest BCUT2D eigenvalue weighted by Gasteiger charge is -2.26. The molecule has 0 saturated carbocycles. The molecule has 29 heavy (non-hydrogen) atoms. The molecule has 0 bridgehead atoms. The van der Waals surface area contributed by atoms with Crippen LogP contribution in [0.15, 0.2) is 61.1 Å². The van der Waals surface area contributed by atoms with Gasteiger partial charge in [-0.25, -0.2) is 9.78 Å². The van der Waals surface area contributed by atoms with Gasteiger partial charge in [0.2, 0.25) is 0 Å². The molecule has 3 aromatic heterocycles. The molecule has 4 aromatic rings. The molecule has 0 saturated heterocycles. The number of para-hydroxylation sites is 1. The monoisotopic (exact) mass is 383 g/mol. The lowest BCUT2D eigenvalue weighted by atomic mass is 10.0. The Kier molecular flexibility index (Phi) is 4.05. The van der Waals surface area contributed by atoms with Gasteiger partial charge in [-0.2, -0.15) is 0 Å². The van der Waals surface area contributed by atoms with Crippen molar-refractivity contribution in [2.75, 3.05) is 11.4 Å². The van der Waals surface area contributed by atoms with E-state index < -0.39 is 6.03 Å². The molecule has 2 amide bonds. The number of primary amides is 1. The van der Waals surface area contributed by atoms with Gasteiger partial charge in [0.15, 0.2) is 0 Å². The minimum atomic E-state index is -0.453. The van der Waals surface area contributed by atoms with Crippen LogP contribution < -0.4 is 10.6 Å². The minimum Gasteiger partial charge on any atom is -0.351 e. The van der Waals surface area contributed by atoms with E-state index in [1.54, 1.807) is 11.1 Å². The van der Waals surface area contributed by atoms with Crippen molar-refractivity contribution >= 4 is 22.8 Å². The van der Waals surface area contributed by atoms with Crippen molar-refractivity contribution in [3.8, 4) is 22.4 Å². The number of carbonyl (C=O) groups is 1. The minimum absolute atomic E-state index is 0.453. The fraction of sp³-hybridized carbons (Fsp3) is 0.174. The van der Waals surface area contributed by atoms with Crippen LogP contribution >= 0.6 is 0 Å². The SMILES string of the molecule is Cn1c(-c2cncc(-c3cnc4c(c3)CCCN4C(N)=O)c2)cc2ccccc21. The molecular formula is C23H21N5O. The van der Waals surface area contributed by atoms with E-state index in [1.807, 2.05) is 12.4 Å². The van der Waals surface area contributed by atoms with E-state index in [2.05, 4.69) is 64.0 Å². The van der Waals surface area contributed by atoms with Crippen LogP contribution in [0.1, 0.15) is 12.0 Å². The summed E-state index contributed by atoms with van der Waals surface area (Å²) in [5, 5.41) is 1.21. The third kappa shape index (κ3) is 2.93. The summed E-state index contributed by atoms with van der Waals surface area (Å²) >= 11 is 0. The van der Waals surface area contributed by atoms with Gasteiger partial charge in [-0.3, -0.25) is 9.88 Å². The highest BCUT2D eigenvalue weighted by molar-refractivity contribution is 5.91. The predicted octanol–water partition coefficient (Wildman–Crippen LogP) is 4.13. The summed E-state index contributed by atoms with van der Waals surface area (Å²) in [4.78, 5) is 22.2. The summed E-state index contributed by atoms with van der Waals surface area (Å²) < 4.78 is 2.19. The zero-order valence-corrected chi connectivity index (χ0v) is 16.2. The Morgan fingerprint density at radius 1 is 1.03 bits per heavy atom.